The first-order valence-corrected chi connectivity index (χ1v) is 8.28. The van der Waals surface area contributed by atoms with E-state index in [1.807, 2.05) is 24.3 Å². The molecule has 23 heavy (non-hydrogen) atoms. The van der Waals surface area contributed by atoms with Crippen molar-refractivity contribution in [2.24, 2.45) is 0 Å². The maximum absolute atomic E-state index is 13.8. The van der Waals surface area contributed by atoms with E-state index in [1.165, 1.54) is 11.0 Å². The molecule has 2 aromatic carbocycles. The SMILES string of the molecule is O[C@@H](C[NH+]1CCN(c2ccccc2F)CC1)c1ccc(Cl)cc1. The fraction of sp³-hybridized carbons (Fsp3) is 0.333. The minimum absolute atomic E-state index is 0.169. The lowest BCUT2D eigenvalue weighted by Gasteiger charge is -2.34. The highest BCUT2D eigenvalue weighted by molar-refractivity contribution is 6.30. The Morgan fingerprint density at radius 2 is 1.74 bits per heavy atom. The minimum atomic E-state index is -0.498. The fourth-order valence-corrected chi connectivity index (χ4v) is 3.18. The molecule has 1 heterocycles. The molecule has 5 heteroatoms. The number of benzene rings is 2. The quantitative estimate of drug-likeness (QED) is 0.893. The van der Waals surface area contributed by atoms with E-state index in [1.54, 1.807) is 18.2 Å². The maximum atomic E-state index is 13.8. The molecular weight excluding hydrogens is 315 g/mol. The molecule has 0 spiro atoms. The zero-order valence-electron chi connectivity index (χ0n) is 12.9. The van der Waals surface area contributed by atoms with Gasteiger partial charge in [-0.3, -0.25) is 0 Å². The van der Waals surface area contributed by atoms with Crippen molar-refractivity contribution in [2.45, 2.75) is 6.10 Å². The van der Waals surface area contributed by atoms with Gasteiger partial charge in [0.15, 0.2) is 0 Å². The summed E-state index contributed by atoms with van der Waals surface area (Å²) in [6, 6.07) is 14.2. The largest absolute Gasteiger partial charge is 0.382 e. The summed E-state index contributed by atoms with van der Waals surface area (Å²) in [5.41, 5.74) is 1.56. The van der Waals surface area contributed by atoms with E-state index in [2.05, 4.69) is 4.90 Å². The summed E-state index contributed by atoms with van der Waals surface area (Å²) in [7, 11) is 0. The Morgan fingerprint density at radius 1 is 1.09 bits per heavy atom. The predicted octanol–water partition coefficient (Wildman–Crippen LogP) is 1.92. The van der Waals surface area contributed by atoms with Crippen LogP contribution in [0.5, 0.6) is 0 Å². The van der Waals surface area contributed by atoms with Crippen molar-refractivity contribution >= 4 is 17.3 Å². The summed E-state index contributed by atoms with van der Waals surface area (Å²) in [6.45, 7) is 4.03. The number of hydrogen-bond acceptors (Lipinski definition) is 2. The van der Waals surface area contributed by atoms with Gasteiger partial charge in [-0.05, 0) is 29.8 Å². The van der Waals surface area contributed by atoms with Crippen LogP contribution in [0.3, 0.4) is 0 Å². The molecule has 2 aromatic rings. The number of aliphatic hydroxyl groups excluding tert-OH is 1. The van der Waals surface area contributed by atoms with Crippen LogP contribution in [0.15, 0.2) is 48.5 Å². The average molecular weight is 336 g/mol. The molecule has 1 aliphatic heterocycles. The fourth-order valence-electron chi connectivity index (χ4n) is 3.05. The summed E-state index contributed by atoms with van der Waals surface area (Å²) in [5, 5.41) is 11.0. The molecule has 0 aromatic heterocycles. The molecule has 0 bridgehead atoms. The second-order valence-corrected chi connectivity index (χ2v) is 6.40. The smallest absolute Gasteiger partial charge is 0.146 e. The predicted molar refractivity (Wildman–Crippen MR) is 90.6 cm³/mol. The third-order valence-electron chi connectivity index (χ3n) is 4.40. The number of aliphatic hydroxyl groups is 1. The number of para-hydroxylation sites is 1. The van der Waals surface area contributed by atoms with Crippen LogP contribution in [0, 0.1) is 5.82 Å². The summed E-state index contributed by atoms with van der Waals surface area (Å²) in [5.74, 6) is -0.169. The Kier molecular flexibility index (Phi) is 5.16. The first kappa shape index (κ1) is 16.2. The van der Waals surface area contributed by atoms with E-state index < -0.39 is 6.10 Å². The molecule has 0 radical (unpaired) electrons. The van der Waals surface area contributed by atoms with Crippen molar-refractivity contribution in [1.82, 2.24) is 0 Å². The monoisotopic (exact) mass is 335 g/mol. The van der Waals surface area contributed by atoms with Gasteiger partial charge in [-0.15, -0.1) is 0 Å². The number of halogens is 2. The molecule has 3 rings (SSSR count). The summed E-state index contributed by atoms with van der Waals surface area (Å²) < 4.78 is 13.8. The third kappa shape index (κ3) is 4.02. The number of nitrogens with one attached hydrogen (secondary N) is 1. The second-order valence-electron chi connectivity index (χ2n) is 5.96. The average Bonchev–Trinajstić information content (AvgIpc) is 2.57. The molecule has 2 N–H and O–H groups in total. The lowest BCUT2D eigenvalue weighted by Crippen LogP contribution is -3.15. The van der Waals surface area contributed by atoms with Gasteiger partial charge < -0.3 is 14.9 Å². The van der Waals surface area contributed by atoms with Gasteiger partial charge >= 0.3 is 0 Å². The topological polar surface area (TPSA) is 27.9 Å². The Labute approximate surface area is 140 Å². The van der Waals surface area contributed by atoms with Crippen molar-refractivity contribution in [3.05, 3.63) is 64.9 Å². The summed E-state index contributed by atoms with van der Waals surface area (Å²) in [4.78, 5) is 3.41. The number of rotatable bonds is 4. The lowest BCUT2D eigenvalue weighted by atomic mass is 10.1. The van der Waals surface area contributed by atoms with E-state index in [0.717, 1.165) is 31.7 Å². The molecule has 3 nitrogen and oxygen atoms in total. The van der Waals surface area contributed by atoms with E-state index in [-0.39, 0.29) is 5.82 Å². The number of piperazine rings is 1. The molecule has 1 atom stereocenters. The van der Waals surface area contributed by atoms with Crippen LogP contribution in [0.1, 0.15) is 11.7 Å². The molecule has 122 valence electrons. The van der Waals surface area contributed by atoms with Crippen LogP contribution < -0.4 is 9.80 Å². The molecule has 0 aliphatic carbocycles. The van der Waals surface area contributed by atoms with Crippen molar-refractivity contribution in [2.75, 3.05) is 37.6 Å². The molecule has 1 aliphatic rings. The van der Waals surface area contributed by atoms with Crippen LogP contribution in [0.2, 0.25) is 5.02 Å². The first-order valence-electron chi connectivity index (χ1n) is 7.90. The standard InChI is InChI=1S/C18H20ClFN2O/c19-15-7-5-14(6-8-15)18(23)13-21-9-11-22(12-10-21)17-4-2-1-3-16(17)20/h1-8,18,23H,9-13H2/p+1/t18-/m0/s1. The minimum Gasteiger partial charge on any atom is -0.382 e. The van der Waals surface area contributed by atoms with Crippen LogP contribution >= 0.6 is 11.6 Å². The van der Waals surface area contributed by atoms with Crippen LogP contribution in [0.25, 0.3) is 0 Å². The maximum Gasteiger partial charge on any atom is 0.146 e. The molecular formula is C18H21ClFN2O+. The summed E-state index contributed by atoms with van der Waals surface area (Å²) in [6.07, 6.45) is -0.498. The zero-order valence-corrected chi connectivity index (χ0v) is 13.6. The second kappa shape index (κ2) is 7.30. The van der Waals surface area contributed by atoms with Gasteiger partial charge in [0.2, 0.25) is 0 Å². The molecule has 0 saturated carbocycles. The number of hydrogen-bond donors (Lipinski definition) is 2. The highest BCUT2D eigenvalue weighted by atomic mass is 35.5. The van der Waals surface area contributed by atoms with Crippen LogP contribution in [-0.4, -0.2) is 37.8 Å². The van der Waals surface area contributed by atoms with Crippen molar-refractivity contribution in [1.29, 1.82) is 0 Å². The van der Waals surface area contributed by atoms with E-state index >= 15 is 0 Å². The third-order valence-corrected chi connectivity index (χ3v) is 4.65. The van der Waals surface area contributed by atoms with Crippen molar-refractivity contribution < 1.29 is 14.4 Å². The highest BCUT2D eigenvalue weighted by Gasteiger charge is 2.24. The molecule has 1 fully saturated rings. The number of anilines is 1. The van der Waals surface area contributed by atoms with Crippen molar-refractivity contribution in [3.8, 4) is 0 Å². The molecule has 0 unspecified atom stereocenters. The van der Waals surface area contributed by atoms with Crippen molar-refractivity contribution in [3.63, 3.8) is 0 Å². The highest BCUT2D eigenvalue weighted by Crippen LogP contribution is 2.18. The van der Waals surface area contributed by atoms with Gasteiger partial charge in [-0.2, -0.15) is 0 Å². The van der Waals surface area contributed by atoms with Gasteiger partial charge in [0.25, 0.3) is 0 Å². The lowest BCUT2D eigenvalue weighted by molar-refractivity contribution is -0.904. The Hall–Kier alpha value is -1.62. The Balaban J connectivity index is 1.55. The van der Waals surface area contributed by atoms with Gasteiger partial charge in [-0.1, -0.05) is 35.9 Å². The van der Waals surface area contributed by atoms with E-state index in [4.69, 9.17) is 11.6 Å². The summed E-state index contributed by atoms with van der Waals surface area (Å²) >= 11 is 5.87. The Morgan fingerprint density at radius 3 is 2.39 bits per heavy atom. The van der Waals surface area contributed by atoms with Crippen LogP contribution in [0.4, 0.5) is 10.1 Å². The van der Waals surface area contributed by atoms with Gasteiger partial charge in [0.05, 0.1) is 31.9 Å². The normalized spacial score (nSPS) is 17.3. The van der Waals surface area contributed by atoms with E-state index in [9.17, 15) is 9.50 Å². The van der Waals surface area contributed by atoms with Gasteiger partial charge in [0.1, 0.15) is 18.5 Å². The molecule has 0 amide bonds. The van der Waals surface area contributed by atoms with Crippen LogP contribution in [-0.2, 0) is 0 Å². The number of nitrogens with zero attached hydrogens (tertiary/aromatic N) is 1. The van der Waals surface area contributed by atoms with Gasteiger partial charge in [-0.25, -0.2) is 4.39 Å². The molecule has 1 saturated heterocycles. The van der Waals surface area contributed by atoms with E-state index in [0.29, 0.717) is 17.3 Å². The Bertz CT molecular complexity index is 642. The zero-order chi connectivity index (χ0) is 16.2. The number of quaternary nitrogens is 1. The van der Waals surface area contributed by atoms with Gasteiger partial charge in [0, 0.05) is 5.02 Å². The first-order chi connectivity index (χ1) is 11.1.